The van der Waals surface area contributed by atoms with Gasteiger partial charge in [0.25, 0.3) is 5.22 Å². The van der Waals surface area contributed by atoms with Gasteiger partial charge in [-0.25, -0.2) is 0 Å². The molecule has 0 radical (unpaired) electrons. The molecule has 0 aromatic carbocycles. The predicted octanol–water partition coefficient (Wildman–Crippen LogP) is 1.52. The Morgan fingerprint density at radius 1 is 1.25 bits per heavy atom. The van der Waals surface area contributed by atoms with Crippen molar-refractivity contribution in [2.75, 3.05) is 31.9 Å². The summed E-state index contributed by atoms with van der Waals surface area (Å²) in [7, 11) is 0. The van der Waals surface area contributed by atoms with E-state index in [1.165, 1.54) is 17.3 Å². The molecule has 1 aliphatic rings. The summed E-state index contributed by atoms with van der Waals surface area (Å²) in [4.78, 5) is 21.0. The highest BCUT2D eigenvalue weighted by atomic mass is 32.2. The van der Waals surface area contributed by atoms with Crippen molar-refractivity contribution in [1.82, 2.24) is 25.0 Å². The molecule has 0 bridgehead atoms. The van der Waals surface area contributed by atoms with Crippen LogP contribution in [-0.2, 0) is 11.3 Å². The standard InChI is InChI=1S/C16H21N5O2S/c1-12-4-3-5-17-14(12)10-20-6-8-21(9-7-20)15(22)11-24-16-19-18-13(2)23-16/h3-5H,6-11H2,1-2H3. The topological polar surface area (TPSA) is 75.4 Å². The molecule has 1 saturated heterocycles. The number of hydrogen-bond donors (Lipinski definition) is 0. The van der Waals surface area contributed by atoms with E-state index in [2.05, 4.69) is 33.1 Å². The fourth-order valence-electron chi connectivity index (χ4n) is 2.60. The lowest BCUT2D eigenvalue weighted by Gasteiger charge is -2.34. The summed E-state index contributed by atoms with van der Waals surface area (Å²) >= 11 is 1.29. The first-order valence-electron chi connectivity index (χ1n) is 7.95. The van der Waals surface area contributed by atoms with Crippen LogP contribution >= 0.6 is 11.8 Å². The third-order valence-corrected chi connectivity index (χ3v) is 4.85. The fraction of sp³-hybridized carbons (Fsp3) is 0.500. The SMILES string of the molecule is Cc1nnc(SCC(=O)N2CCN(Cc3ncccc3C)CC2)o1. The molecule has 3 rings (SSSR count). The van der Waals surface area contributed by atoms with E-state index < -0.39 is 0 Å². The quantitative estimate of drug-likeness (QED) is 0.759. The summed E-state index contributed by atoms with van der Waals surface area (Å²) in [6, 6.07) is 4.04. The molecule has 7 nitrogen and oxygen atoms in total. The van der Waals surface area contributed by atoms with Crippen molar-refractivity contribution in [3.05, 3.63) is 35.5 Å². The van der Waals surface area contributed by atoms with E-state index in [-0.39, 0.29) is 5.91 Å². The molecule has 2 aromatic rings. The predicted molar refractivity (Wildman–Crippen MR) is 90.6 cm³/mol. The third-order valence-electron chi connectivity index (χ3n) is 4.04. The molecule has 24 heavy (non-hydrogen) atoms. The Balaban J connectivity index is 1.44. The van der Waals surface area contributed by atoms with Gasteiger partial charge in [-0.05, 0) is 18.6 Å². The molecular formula is C16H21N5O2S. The number of carbonyl (C=O) groups is 1. The molecule has 0 N–H and O–H groups in total. The normalized spacial score (nSPS) is 15.7. The molecule has 0 aliphatic carbocycles. The summed E-state index contributed by atoms with van der Waals surface area (Å²) in [6.45, 7) is 7.88. The maximum Gasteiger partial charge on any atom is 0.277 e. The van der Waals surface area contributed by atoms with E-state index in [0.717, 1.165) is 38.4 Å². The Labute approximate surface area is 145 Å². The van der Waals surface area contributed by atoms with Gasteiger partial charge in [-0.1, -0.05) is 17.8 Å². The minimum absolute atomic E-state index is 0.115. The van der Waals surface area contributed by atoms with Crippen molar-refractivity contribution in [2.45, 2.75) is 25.6 Å². The lowest BCUT2D eigenvalue weighted by atomic mass is 10.2. The first-order chi connectivity index (χ1) is 11.6. The Hall–Kier alpha value is -1.93. The van der Waals surface area contributed by atoms with Gasteiger partial charge >= 0.3 is 0 Å². The Kier molecular flexibility index (Phi) is 5.47. The maximum atomic E-state index is 12.3. The molecule has 2 aromatic heterocycles. The van der Waals surface area contributed by atoms with Gasteiger partial charge < -0.3 is 9.32 Å². The van der Waals surface area contributed by atoms with E-state index in [1.807, 2.05) is 17.2 Å². The van der Waals surface area contributed by atoms with Gasteiger partial charge in [0.15, 0.2) is 0 Å². The van der Waals surface area contributed by atoms with Crippen LogP contribution in [0.3, 0.4) is 0 Å². The molecule has 0 spiro atoms. The van der Waals surface area contributed by atoms with Crippen molar-refractivity contribution in [3.8, 4) is 0 Å². The number of thioether (sulfide) groups is 1. The molecule has 1 aliphatic heterocycles. The van der Waals surface area contributed by atoms with Crippen LogP contribution in [0.4, 0.5) is 0 Å². The summed E-state index contributed by atoms with van der Waals surface area (Å²) in [5.74, 6) is 0.967. The van der Waals surface area contributed by atoms with Crippen LogP contribution in [0.1, 0.15) is 17.1 Å². The summed E-state index contributed by atoms with van der Waals surface area (Å²) in [6.07, 6.45) is 1.83. The van der Waals surface area contributed by atoms with Crippen molar-refractivity contribution in [1.29, 1.82) is 0 Å². The van der Waals surface area contributed by atoms with E-state index in [4.69, 9.17) is 4.42 Å². The highest BCUT2D eigenvalue weighted by Crippen LogP contribution is 2.17. The van der Waals surface area contributed by atoms with Gasteiger partial charge in [0, 0.05) is 45.8 Å². The zero-order valence-corrected chi connectivity index (χ0v) is 14.8. The largest absolute Gasteiger partial charge is 0.416 e. The Bertz CT molecular complexity index is 697. The molecule has 0 unspecified atom stereocenters. The highest BCUT2D eigenvalue weighted by molar-refractivity contribution is 7.99. The number of amides is 1. The number of aromatic nitrogens is 3. The lowest BCUT2D eigenvalue weighted by Crippen LogP contribution is -2.48. The third kappa shape index (κ3) is 4.33. The van der Waals surface area contributed by atoms with Crippen molar-refractivity contribution < 1.29 is 9.21 Å². The highest BCUT2D eigenvalue weighted by Gasteiger charge is 2.22. The van der Waals surface area contributed by atoms with Crippen LogP contribution in [0.25, 0.3) is 0 Å². The molecule has 8 heteroatoms. The van der Waals surface area contributed by atoms with Crippen molar-refractivity contribution in [3.63, 3.8) is 0 Å². The Morgan fingerprint density at radius 3 is 2.71 bits per heavy atom. The number of pyridine rings is 1. The average molecular weight is 347 g/mol. The fourth-order valence-corrected chi connectivity index (χ4v) is 3.31. The zero-order valence-electron chi connectivity index (χ0n) is 13.9. The molecular weight excluding hydrogens is 326 g/mol. The summed E-state index contributed by atoms with van der Waals surface area (Å²) in [5.41, 5.74) is 2.32. The molecule has 1 amide bonds. The monoisotopic (exact) mass is 347 g/mol. The second-order valence-corrected chi connectivity index (χ2v) is 6.73. The maximum absolute atomic E-state index is 12.3. The van der Waals surface area contributed by atoms with Crippen LogP contribution < -0.4 is 0 Å². The van der Waals surface area contributed by atoms with E-state index in [9.17, 15) is 4.79 Å². The van der Waals surface area contributed by atoms with Crippen LogP contribution in [0.15, 0.2) is 28.0 Å². The molecule has 0 atom stereocenters. The molecule has 0 saturated carbocycles. The first kappa shape index (κ1) is 16.9. The Morgan fingerprint density at radius 2 is 2.04 bits per heavy atom. The van der Waals surface area contributed by atoms with Crippen LogP contribution in [0, 0.1) is 13.8 Å². The lowest BCUT2D eigenvalue weighted by molar-refractivity contribution is -0.130. The average Bonchev–Trinajstić information content (AvgIpc) is 3.01. The minimum Gasteiger partial charge on any atom is -0.416 e. The van der Waals surface area contributed by atoms with Crippen LogP contribution in [-0.4, -0.2) is 62.8 Å². The molecule has 1 fully saturated rings. The summed E-state index contributed by atoms with van der Waals surface area (Å²) < 4.78 is 5.27. The van der Waals surface area contributed by atoms with E-state index in [0.29, 0.717) is 16.9 Å². The van der Waals surface area contributed by atoms with Gasteiger partial charge in [0.1, 0.15) is 0 Å². The van der Waals surface area contributed by atoms with Crippen LogP contribution in [0.2, 0.25) is 0 Å². The number of nitrogens with zero attached hydrogens (tertiary/aromatic N) is 5. The first-order valence-corrected chi connectivity index (χ1v) is 8.94. The molecule has 3 heterocycles. The van der Waals surface area contributed by atoms with Gasteiger partial charge in [0.2, 0.25) is 11.8 Å². The zero-order chi connectivity index (χ0) is 16.9. The smallest absolute Gasteiger partial charge is 0.277 e. The van der Waals surface area contributed by atoms with E-state index >= 15 is 0 Å². The second-order valence-electron chi connectivity index (χ2n) is 5.80. The number of carbonyl (C=O) groups excluding carboxylic acids is 1. The van der Waals surface area contributed by atoms with Crippen molar-refractivity contribution in [2.24, 2.45) is 0 Å². The van der Waals surface area contributed by atoms with Gasteiger partial charge in [-0.2, -0.15) is 0 Å². The van der Waals surface area contributed by atoms with E-state index in [1.54, 1.807) is 6.92 Å². The van der Waals surface area contributed by atoms with Gasteiger partial charge in [-0.15, -0.1) is 10.2 Å². The number of hydrogen-bond acceptors (Lipinski definition) is 7. The van der Waals surface area contributed by atoms with Gasteiger partial charge in [-0.3, -0.25) is 14.7 Å². The second kappa shape index (κ2) is 7.76. The molecule has 128 valence electrons. The summed E-state index contributed by atoms with van der Waals surface area (Å²) in [5, 5.41) is 8.10. The minimum atomic E-state index is 0.115. The van der Waals surface area contributed by atoms with Gasteiger partial charge in [0.05, 0.1) is 11.4 Å². The van der Waals surface area contributed by atoms with Crippen molar-refractivity contribution >= 4 is 17.7 Å². The van der Waals surface area contributed by atoms with Crippen LogP contribution in [0.5, 0.6) is 0 Å². The number of aryl methyl sites for hydroxylation is 2. The number of rotatable bonds is 5. The number of piperazine rings is 1.